The predicted molar refractivity (Wildman–Crippen MR) is 234 cm³/mol. The van der Waals surface area contributed by atoms with E-state index in [9.17, 15) is 23.6 Å². The minimum Gasteiger partial charge on any atom is -0.374 e. The van der Waals surface area contributed by atoms with E-state index in [1.807, 2.05) is 12.1 Å². The van der Waals surface area contributed by atoms with Crippen LogP contribution in [0.3, 0.4) is 0 Å². The SMILES string of the molecule is C.C=CC(=O)N(C=C)c1cccc(-c2nc(NC3CCC(NC(=O)C4CCC(N5CCC(c6ccc(NC7CCC(=O)NC7=O)cc6F)CC5)CC4)CC3)ncc2F)c1.[HH].[HH].[HH].[HH]. The van der Waals surface area contributed by atoms with Crippen LogP contribution in [0, 0.1) is 17.6 Å². The van der Waals surface area contributed by atoms with Crippen LogP contribution in [0.15, 0.2) is 74.1 Å². The molecule has 59 heavy (non-hydrogen) atoms. The zero-order valence-corrected chi connectivity index (χ0v) is 32.7. The van der Waals surface area contributed by atoms with E-state index in [2.05, 4.69) is 49.3 Å². The molecule has 322 valence electrons. The van der Waals surface area contributed by atoms with Gasteiger partial charge in [-0.15, -0.1) is 0 Å². The fraction of sp³-hybridized carbons (Fsp3) is 0.467. The molecule has 1 aromatic heterocycles. The Morgan fingerprint density at radius 1 is 0.881 bits per heavy atom. The molecule has 2 aliphatic carbocycles. The van der Waals surface area contributed by atoms with Gasteiger partial charge in [0.1, 0.15) is 17.6 Å². The van der Waals surface area contributed by atoms with Crippen LogP contribution in [0.25, 0.3) is 11.3 Å². The molecule has 1 atom stereocenters. The van der Waals surface area contributed by atoms with Gasteiger partial charge < -0.3 is 20.9 Å². The Bertz CT molecular complexity index is 2040. The first kappa shape index (κ1) is 43.1. The van der Waals surface area contributed by atoms with Crippen molar-refractivity contribution in [2.45, 2.75) is 115 Å². The van der Waals surface area contributed by atoms with Crippen molar-refractivity contribution in [2.75, 3.05) is 28.6 Å². The van der Waals surface area contributed by atoms with Crippen LogP contribution in [0.5, 0.6) is 0 Å². The maximum Gasteiger partial charge on any atom is 0.254 e. The van der Waals surface area contributed by atoms with Gasteiger partial charge in [-0.25, -0.2) is 18.7 Å². The zero-order chi connectivity index (χ0) is 40.8. The van der Waals surface area contributed by atoms with Crippen molar-refractivity contribution in [3.8, 4) is 11.3 Å². The molecule has 3 heterocycles. The Balaban J connectivity index is 0.00000273. The van der Waals surface area contributed by atoms with Crippen LogP contribution in [-0.2, 0) is 19.2 Å². The summed E-state index contributed by atoms with van der Waals surface area (Å²) in [6.07, 6.45) is 13.0. The van der Waals surface area contributed by atoms with Gasteiger partial charge in [0, 0.05) is 59.3 Å². The number of anilines is 3. The molecule has 4 amide bonds. The zero-order valence-electron chi connectivity index (χ0n) is 32.7. The number of hydrogen-bond donors (Lipinski definition) is 4. The topological polar surface area (TPSA) is 149 Å². The molecule has 2 saturated carbocycles. The van der Waals surface area contributed by atoms with E-state index < -0.39 is 11.9 Å². The minimum atomic E-state index is -0.577. The lowest BCUT2D eigenvalue weighted by molar-refractivity contribution is -0.133. The number of carbonyl (C=O) groups excluding carboxylic acids is 4. The van der Waals surface area contributed by atoms with Gasteiger partial charge >= 0.3 is 0 Å². The first-order chi connectivity index (χ1) is 28.1. The maximum absolute atomic E-state index is 15.3. The number of nitrogens with one attached hydrogen (secondary N) is 4. The van der Waals surface area contributed by atoms with Crippen LogP contribution in [-0.4, -0.2) is 75.8 Å². The van der Waals surface area contributed by atoms with E-state index in [0.29, 0.717) is 40.9 Å². The Labute approximate surface area is 351 Å². The van der Waals surface area contributed by atoms with Gasteiger partial charge in [-0.2, -0.15) is 0 Å². The second-order valence-electron chi connectivity index (χ2n) is 15.9. The molecule has 12 nitrogen and oxygen atoms in total. The van der Waals surface area contributed by atoms with E-state index in [4.69, 9.17) is 0 Å². The Morgan fingerprint density at radius 3 is 2.29 bits per heavy atom. The van der Waals surface area contributed by atoms with E-state index in [0.717, 1.165) is 83.5 Å². The summed E-state index contributed by atoms with van der Waals surface area (Å²) >= 11 is 0. The third kappa shape index (κ3) is 10.4. The number of benzene rings is 2. The smallest absolute Gasteiger partial charge is 0.254 e. The number of halogens is 2. The maximum atomic E-state index is 15.3. The van der Waals surface area contributed by atoms with Crippen molar-refractivity contribution in [3.63, 3.8) is 0 Å². The summed E-state index contributed by atoms with van der Waals surface area (Å²) < 4.78 is 30.2. The van der Waals surface area contributed by atoms with Crippen LogP contribution in [0.1, 0.15) is 102 Å². The summed E-state index contributed by atoms with van der Waals surface area (Å²) in [5.74, 6) is -1.28. The van der Waals surface area contributed by atoms with Crippen LogP contribution >= 0.6 is 0 Å². The van der Waals surface area contributed by atoms with E-state index in [1.54, 1.807) is 24.3 Å². The van der Waals surface area contributed by atoms with Gasteiger partial charge in [0.2, 0.25) is 23.7 Å². The average Bonchev–Trinajstić information content (AvgIpc) is 3.24. The van der Waals surface area contributed by atoms with Crippen LogP contribution in [0.2, 0.25) is 0 Å². The molecule has 2 aliphatic heterocycles. The quantitative estimate of drug-likeness (QED) is 0.105. The highest BCUT2D eigenvalue weighted by Crippen LogP contribution is 2.36. The molecule has 3 aromatic rings. The lowest BCUT2D eigenvalue weighted by atomic mass is 9.82. The average molecular weight is 819 g/mol. The molecule has 7 rings (SSSR count). The van der Waals surface area contributed by atoms with Gasteiger partial charge in [0.05, 0.1) is 6.20 Å². The van der Waals surface area contributed by atoms with E-state index >= 15 is 4.39 Å². The number of carbonyl (C=O) groups is 4. The van der Waals surface area contributed by atoms with Crippen molar-refractivity contribution < 1.29 is 33.7 Å². The van der Waals surface area contributed by atoms with Crippen LogP contribution < -0.4 is 26.2 Å². The number of likely N-dealkylation sites (tertiary alicyclic amines) is 1. The van der Waals surface area contributed by atoms with Gasteiger partial charge in [-0.05, 0) is 126 Å². The lowest BCUT2D eigenvalue weighted by Gasteiger charge is -2.41. The van der Waals surface area contributed by atoms with Crippen molar-refractivity contribution in [3.05, 3.63) is 91.3 Å². The fourth-order valence-corrected chi connectivity index (χ4v) is 9.01. The molecule has 4 N–H and O–H groups in total. The predicted octanol–water partition coefficient (Wildman–Crippen LogP) is 8.20. The molecular formula is C45H64F2N8O4. The molecule has 4 fully saturated rings. The molecule has 1 unspecified atom stereocenters. The van der Waals surface area contributed by atoms with Crippen molar-refractivity contribution in [1.82, 2.24) is 25.5 Å². The normalized spacial score (nSPS) is 23.9. The lowest BCUT2D eigenvalue weighted by Crippen LogP contribution is -2.47. The second-order valence-corrected chi connectivity index (χ2v) is 15.9. The number of rotatable bonds is 12. The Kier molecular flexibility index (Phi) is 14.2. The summed E-state index contributed by atoms with van der Waals surface area (Å²) in [7, 11) is 0. The summed E-state index contributed by atoms with van der Waals surface area (Å²) in [5.41, 5.74) is 2.36. The summed E-state index contributed by atoms with van der Waals surface area (Å²) in [6, 6.07) is 12.0. The third-order valence-corrected chi connectivity index (χ3v) is 12.3. The number of nitrogens with zero attached hydrogens (tertiary/aromatic N) is 4. The highest BCUT2D eigenvalue weighted by atomic mass is 19.1. The van der Waals surface area contributed by atoms with Gasteiger partial charge in [-0.1, -0.05) is 38.8 Å². The highest BCUT2D eigenvalue weighted by molar-refractivity contribution is 6.03. The minimum absolute atomic E-state index is 0. The first-order valence-corrected chi connectivity index (χ1v) is 20.5. The van der Waals surface area contributed by atoms with Crippen molar-refractivity contribution >= 4 is 41.0 Å². The standard InChI is InChI=1S/C44H52F2N8O4.CH4.4H2/c1-3-40(56)54(4-2)34-7-5-6-29(24-34)41-37(46)26-47-44(52-41)50-31-12-10-30(11-13-31)49-42(57)28-8-15-33(16-9-28)53-22-20-27(21-23-53)35-17-14-32(25-36(35)45)48-38-18-19-39(55)51-43(38)58;;;;;/h3-7,14,17,24-28,30-31,33,38,48H,1-2,8-13,15-16,18-23H2,(H,49,57)(H,47,50,52)(H,51,55,58);1H4;4*1H. The third-order valence-electron chi connectivity index (χ3n) is 12.3. The van der Waals surface area contributed by atoms with E-state index in [1.165, 1.54) is 23.2 Å². The molecule has 0 radical (unpaired) electrons. The summed E-state index contributed by atoms with van der Waals surface area (Å²) in [5, 5.41) is 12.1. The monoisotopic (exact) mass is 819 g/mol. The fourth-order valence-electron chi connectivity index (χ4n) is 9.01. The molecule has 14 heteroatoms. The number of imide groups is 1. The van der Waals surface area contributed by atoms with Gasteiger partial charge in [0.25, 0.3) is 5.91 Å². The van der Waals surface area contributed by atoms with Crippen molar-refractivity contribution in [2.24, 2.45) is 5.92 Å². The summed E-state index contributed by atoms with van der Waals surface area (Å²) in [4.78, 5) is 61.7. The first-order valence-electron chi connectivity index (χ1n) is 20.5. The highest BCUT2D eigenvalue weighted by Gasteiger charge is 2.34. The molecule has 2 saturated heterocycles. The van der Waals surface area contributed by atoms with Gasteiger partial charge in [-0.3, -0.25) is 29.4 Å². The molecule has 0 bridgehead atoms. The second kappa shape index (κ2) is 19.5. The Hall–Kier alpha value is -5.50. The molecule has 4 aliphatic rings. The largest absolute Gasteiger partial charge is 0.374 e. The van der Waals surface area contributed by atoms with Crippen LogP contribution in [0.4, 0.5) is 26.1 Å². The summed E-state index contributed by atoms with van der Waals surface area (Å²) in [6.45, 7) is 9.01. The molecule has 0 spiro atoms. The number of hydrogen-bond acceptors (Lipinski definition) is 9. The Morgan fingerprint density at radius 2 is 1.61 bits per heavy atom. The molecular weight excluding hydrogens is 755 g/mol. The molecule has 2 aromatic carbocycles. The van der Waals surface area contributed by atoms with Gasteiger partial charge in [0.15, 0.2) is 5.82 Å². The number of piperidine rings is 2. The number of amides is 4. The van der Waals surface area contributed by atoms with Crippen molar-refractivity contribution in [1.29, 1.82) is 0 Å². The number of aromatic nitrogens is 2. The van der Waals surface area contributed by atoms with E-state index in [-0.39, 0.29) is 78.6 Å².